The first-order valence-electron chi connectivity index (χ1n) is 9.60. The molecular weight excluding hydrogens is 340 g/mol. The lowest BCUT2D eigenvalue weighted by atomic mass is 9.87. The second-order valence-corrected chi connectivity index (χ2v) is 7.18. The van der Waals surface area contributed by atoms with Crippen LogP contribution in [0.4, 0.5) is 5.69 Å². The van der Waals surface area contributed by atoms with Gasteiger partial charge < -0.3 is 15.0 Å². The topological polar surface area (TPSA) is 58.6 Å². The summed E-state index contributed by atoms with van der Waals surface area (Å²) < 4.78 is 5.39. The van der Waals surface area contributed by atoms with Crippen LogP contribution in [-0.4, -0.2) is 35.9 Å². The predicted molar refractivity (Wildman–Crippen MR) is 104 cm³/mol. The predicted octanol–water partition coefficient (Wildman–Crippen LogP) is 3.82. The maximum atomic E-state index is 13.2. The molecule has 1 fully saturated rings. The van der Waals surface area contributed by atoms with E-state index in [9.17, 15) is 9.59 Å². The lowest BCUT2D eigenvalue weighted by molar-refractivity contribution is -0.118. The van der Waals surface area contributed by atoms with Gasteiger partial charge in [-0.05, 0) is 43.0 Å². The zero-order chi connectivity index (χ0) is 18.8. The summed E-state index contributed by atoms with van der Waals surface area (Å²) in [5.74, 6) is 0.772. The van der Waals surface area contributed by atoms with Crippen LogP contribution in [0.5, 0.6) is 5.75 Å². The molecule has 1 saturated heterocycles. The number of benzene rings is 2. The van der Waals surface area contributed by atoms with Gasteiger partial charge in [0, 0.05) is 24.1 Å². The Morgan fingerprint density at radius 1 is 1.26 bits per heavy atom. The molecule has 2 atom stereocenters. The van der Waals surface area contributed by atoms with E-state index in [1.807, 2.05) is 11.0 Å². The number of carbonyl (C=O) groups excluding carboxylic acids is 2. The van der Waals surface area contributed by atoms with Crippen molar-refractivity contribution in [3.8, 4) is 5.75 Å². The number of hydrogen-bond acceptors (Lipinski definition) is 3. The van der Waals surface area contributed by atoms with E-state index in [0.29, 0.717) is 22.9 Å². The van der Waals surface area contributed by atoms with Crippen LogP contribution >= 0.6 is 0 Å². The number of hydrogen-bond donors (Lipinski definition) is 1. The van der Waals surface area contributed by atoms with Gasteiger partial charge in [0.15, 0.2) is 6.61 Å². The van der Waals surface area contributed by atoms with E-state index in [-0.39, 0.29) is 24.5 Å². The van der Waals surface area contributed by atoms with Crippen molar-refractivity contribution in [2.45, 2.75) is 38.1 Å². The Morgan fingerprint density at radius 2 is 2.07 bits per heavy atom. The Bertz CT molecular complexity index is 850. The van der Waals surface area contributed by atoms with Crippen molar-refractivity contribution >= 4 is 17.5 Å². The highest BCUT2D eigenvalue weighted by molar-refractivity contribution is 6.00. The van der Waals surface area contributed by atoms with Crippen molar-refractivity contribution in [3.05, 3.63) is 59.7 Å². The molecular formula is C22H24N2O3. The fraction of sp³-hybridized carbons (Fsp3) is 0.364. The van der Waals surface area contributed by atoms with Gasteiger partial charge >= 0.3 is 0 Å². The zero-order valence-electron chi connectivity index (χ0n) is 15.5. The quantitative estimate of drug-likeness (QED) is 0.897. The van der Waals surface area contributed by atoms with Crippen molar-refractivity contribution < 1.29 is 14.3 Å². The monoisotopic (exact) mass is 364 g/mol. The first kappa shape index (κ1) is 17.6. The Morgan fingerprint density at radius 3 is 2.85 bits per heavy atom. The Kier molecular flexibility index (Phi) is 4.84. The molecule has 0 spiro atoms. The molecule has 0 radical (unpaired) electrons. The van der Waals surface area contributed by atoms with Gasteiger partial charge in [-0.15, -0.1) is 0 Å². The third-order valence-electron chi connectivity index (χ3n) is 5.55. The number of likely N-dealkylation sites (tertiary alicyclic amines) is 1. The van der Waals surface area contributed by atoms with Crippen molar-refractivity contribution in [3.63, 3.8) is 0 Å². The summed E-state index contributed by atoms with van der Waals surface area (Å²) in [5, 5.41) is 2.78. The maximum absolute atomic E-state index is 13.2. The number of amides is 2. The highest BCUT2D eigenvalue weighted by Crippen LogP contribution is 2.35. The molecule has 1 N–H and O–H groups in total. The zero-order valence-corrected chi connectivity index (χ0v) is 15.5. The highest BCUT2D eigenvalue weighted by Gasteiger charge is 2.35. The smallest absolute Gasteiger partial charge is 0.262 e. The summed E-state index contributed by atoms with van der Waals surface area (Å²) in [7, 11) is 0. The lowest BCUT2D eigenvalue weighted by Crippen LogP contribution is -2.39. The molecule has 2 aromatic carbocycles. The van der Waals surface area contributed by atoms with E-state index in [1.165, 1.54) is 5.56 Å². The Hall–Kier alpha value is -2.82. The molecule has 0 bridgehead atoms. The van der Waals surface area contributed by atoms with Gasteiger partial charge in [0.05, 0.1) is 5.69 Å². The van der Waals surface area contributed by atoms with E-state index in [1.54, 1.807) is 18.2 Å². The first-order chi connectivity index (χ1) is 13.2. The molecule has 27 heavy (non-hydrogen) atoms. The van der Waals surface area contributed by atoms with Crippen LogP contribution in [0.1, 0.15) is 48.0 Å². The van der Waals surface area contributed by atoms with Gasteiger partial charge in [-0.3, -0.25) is 9.59 Å². The molecule has 0 unspecified atom stereocenters. The minimum Gasteiger partial charge on any atom is -0.482 e. The van der Waals surface area contributed by atoms with Crippen LogP contribution in [0.25, 0.3) is 0 Å². The number of carbonyl (C=O) groups is 2. The number of fused-ring (bicyclic) bond motifs is 1. The standard InChI is InChI=1S/C22H24N2O3/c1-2-17(15-7-4-3-5-8-15)19-9-6-12-24(19)22(26)16-10-11-20-18(13-16)23-21(25)14-27-20/h3-5,7-8,10-11,13,17,19H,2,6,9,12,14H2,1H3,(H,23,25)/t17-,19+/m1/s1. The van der Waals surface area contributed by atoms with E-state index >= 15 is 0 Å². The SMILES string of the molecule is CC[C@H](c1ccccc1)[C@@H]1CCCN1C(=O)c1ccc2c(c1)NC(=O)CO2. The van der Waals surface area contributed by atoms with E-state index in [0.717, 1.165) is 25.8 Å². The van der Waals surface area contributed by atoms with Crippen LogP contribution in [0, 0.1) is 0 Å². The third kappa shape index (κ3) is 3.42. The van der Waals surface area contributed by atoms with Gasteiger partial charge in [-0.2, -0.15) is 0 Å². The number of nitrogens with zero attached hydrogens (tertiary/aromatic N) is 1. The summed E-state index contributed by atoms with van der Waals surface area (Å²) in [4.78, 5) is 26.8. The lowest BCUT2D eigenvalue weighted by Gasteiger charge is -2.32. The Labute approximate surface area is 159 Å². The molecule has 2 aromatic rings. The minimum atomic E-state index is -0.193. The molecule has 0 aromatic heterocycles. The normalized spacial score (nSPS) is 19.8. The highest BCUT2D eigenvalue weighted by atomic mass is 16.5. The van der Waals surface area contributed by atoms with Crippen molar-refractivity contribution in [2.75, 3.05) is 18.5 Å². The fourth-order valence-electron chi connectivity index (χ4n) is 4.28. The average molecular weight is 364 g/mol. The van der Waals surface area contributed by atoms with Crippen LogP contribution in [0.15, 0.2) is 48.5 Å². The number of rotatable bonds is 4. The first-order valence-corrected chi connectivity index (χ1v) is 9.60. The molecule has 2 aliphatic rings. The van der Waals surface area contributed by atoms with Crippen molar-refractivity contribution in [1.29, 1.82) is 0 Å². The maximum Gasteiger partial charge on any atom is 0.262 e. The number of anilines is 1. The van der Waals surface area contributed by atoms with E-state index in [2.05, 4.69) is 36.5 Å². The van der Waals surface area contributed by atoms with Gasteiger partial charge in [0.2, 0.25) is 0 Å². The van der Waals surface area contributed by atoms with Crippen molar-refractivity contribution in [1.82, 2.24) is 4.90 Å². The van der Waals surface area contributed by atoms with Gasteiger partial charge in [-0.25, -0.2) is 0 Å². The van der Waals surface area contributed by atoms with Gasteiger partial charge in [-0.1, -0.05) is 37.3 Å². The largest absolute Gasteiger partial charge is 0.482 e. The number of nitrogens with one attached hydrogen (secondary N) is 1. The summed E-state index contributed by atoms with van der Waals surface area (Å²) in [6.45, 7) is 2.97. The molecule has 2 heterocycles. The van der Waals surface area contributed by atoms with Gasteiger partial charge in [0.1, 0.15) is 5.75 Å². The molecule has 5 heteroatoms. The molecule has 5 nitrogen and oxygen atoms in total. The molecule has 140 valence electrons. The second kappa shape index (κ2) is 7.43. The molecule has 0 saturated carbocycles. The van der Waals surface area contributed by atoms with Crippen molar-refractivity contribution in [2.24, 2.45) is 0 Å². The summed E-state index contributed by atoms with van der Waals surface area (Å²) >= 11 is 0. The second-order valence-electron chi connectivity index (χ2n) is 7.18. The van der Waals surface area contributed by atoms with Crippen LogP contribution in [0.3, 0.4) is 0 Å². The van der Waals surface area contributed by atoms with E-state index < -0.39 is 0 Å². The van der Waals surface area contributed by atoms with Gasteiger partial charge in [0.25, 0.3) is 11.8 Å². The van der Waals surface area contributed by atoms with Crippen LogP contribution in [-0.2, 0) is 4.79 Å². The fourth-order valence-corrected chi connectivity index (χ4v) is 4.28. The summed E-state index contributed by atoms with van der Waals surface area (Å²) in [5.41, 5.74) is 2.45. The molecule has 2 aliphatic heterocycles. The summed E-state index contributed by atoms with van der Waals surface area (Å²) in [6.07, 6.45) is 3.03. The molecule has 2 amide bonds. The molecule has 0 aliphatic carbocycles. The van der Waals surface area contributed by atoms with E-state index in [4.69, 9.17) is 4.74 Å². The summed E-state index contributed by atoms with van der Waals surface area (Å²) in [6, 6.07) is 15.9. The van der Waals surface area contributed by atoms with Crippen LogP contribution in [0.2, 0.25) is 0 Å². The third-order valence-corrected chi connectivity index (χ3v) is 5.55. The minimum absolute atomic E-state index is 0.0176. The molecule has 4 rings (SSSR count). The average Bonchev–Trinajstić information content (AvgIpc) is 3.17. The number of ether oxygens (including phenoxy) is 1. The van der Waals surface area contributed by atoms with Crippen LogP contribution < -0.4 is 10.1 Å². The Balaban J connectivity index is 1.59.